The molecule has 0 saturated carbocycles. The van der Waals surface area contributed by atoms with Crippen LogP contribution in [-0.4, -0.2) is 23.0 Å². The average Bonchev–Trinajstić information content (AvgIpc) is 2.14. The van der Waals surface area contributed by atoms with Crippen molar-refractivity contribution in [2.24, 2.45) is 0 Å². The summed E-state index contributed by atoms with van der Waals surface area (Å²) in [6.45, 7) is 10.9. The minimum absolute atomic E-state index is 0.424. The molecule has 1 aromatic rings. The number of benzene rings is 1. The van der Waals surface area contributed by atoms with E-state index in [1.165, 1.54) is 8.56 Å². The zero-order valence-electron chi connectivity index (χ0n) is 9.00. The number of rotatable bonds is 3. The van der Waals surface area contributed by atoms with Gasteiger partial charge in [0.25, 0.3) is 0 Å². The Kier molecular flexibility index (Phi) is 3.97. The van der Waals surface area contributed by atoms with Crippen molar-refractivity contribution in [3.05, 3.63) is 46.7 Å². The van der Waals surface area contributed by atoms with Crippen LogP contribution in [-0.2, 0) is 0 Å². The Bertz CT molecular complexity index is 342. The van der Waals surface area contributed by atoms with Gasteiger partial charge < -0.3 is 0 Å². The van der Waals surface area contributed by atoms with E-state index < -0.39 is 8.07 Å². The SMILES string of the molecule is C=C=C([Se]c1ccccc1)[Si](C)(C)C. The van der Waals surface area contributed by atoms with Crippen LogP contribution in [0.3, 0.4) is 0 Å². The molecule has 0 heterocycles. The van der Waals surface area contributed by atoms with Gasteiger partial charge in [-0.15, -0.1) is 0 Å². The zero-order chi connectivity index (χ0) is 10.6. The Balaban J connectivity index is 2.84. The van der Waals surface area contributed by atoms with Crippen LogP contribution in [0.15, 0.2) is 46.7 Å². The molecule has 1 rings (SSSR count). The van der Waals surface area contributed by atoms with E-state index in [1.54, 1.807) is 0 Å². The van der Waals surface area contributed by atoms with E-state index in [0.717, 1.165) is 0 Å². The monoisotopic (exact) mass is 268 g/mol. The molecule has 0 saturated heterocycles. The molecule has 1 aromatic carbocycles. The predicted octanol–water partition coefficient (Wildman–Crippen LogP) is 2.56. The first kappa shape index (κ1) is 11.6. The summed E-state index contributed by atoms with van der Waals surface area (Å²) in [7, 11) is -1.20. The molecule has 0 unspecified atom stereocenters. The van der Waals surface area contributed by atoms with E-state index in [4.69, 9.17) is 0 Å². The maximum absolute atomic E-state index is 3.81. The van der Waals surface area contributed by atoms with Crippen LogP contribution in [0.5, 0.6) is 0 Å². The predicted molar refractivity (Wildman–Crippen MR) is 67.8 cm³/mol. The Hall–Kier alpha value is -0.524. The van der Waals surface area contributed by atoms with Gasteiger partial charge in [-0.3, -0.25) is 0 Å². The van der Waals surface area contributed by atoms with E-state index in [0.29, 0.717) is 15.0 Å². The molecular weight excluding hydrogens is 251 g/mol. The number of hydrogen-bond donors (Lipinski definition) is 0. The zero-order valence-corrected chi connectivity index (χ0v) is 11.7. The van der Waals surface area contributed by atoms with Crippen molar-refractivity contribution in [1.29, 1.82) is 0 Å². The summed E-state index contributed by atoms with van der Waals surface area (Å²) in [5.41, 5.74) is 3.15. The van der Waals surface area contributed by atoms with Gasteiger partial charge in [0, 0.05) is 0 Å². The van der Waals surface area contributed by atoms with Gasteiger partial charge in [-0.1, -0.05) is 0 Å². The molecule has 2 heteroatoms. The van der Waals surface area contributed by atoms with Crippen molar-refractivity contribution < 1.29 is 0 Å². The fourth-order valence-corrected chi connectivity index (χ4v) is 5.70. The fraction of sp³-hybridized carbons (Fsp3) is 0.250. The molecule has 0 atom stereocenters. The van der Waals surface area contributed by atoms with Crippen molar-refractivity contribution >= 4 is 27.5 Å². The molecule has 0 fully saturated rings. The van der Waals surface area contributed by atoms with Crippen LogP contribution >= 0.6 is 0 Å². The molecule has 74 valence electrons. The molecule has 14 heavy (non-hydrogen) atoms. The van der Waals surface area contributed by atoms with Gasteiger partial charge in [-0.2, -0.15) is 0 Å². The van der Waals surface area contributed by atoms with Crippen LogP contribution in [0.25, 0.3) is 0 Å². The van der Waals surface area contributed by atoms with E-state index in [2.05, 4.69) is 62.3 Å². The molecule has 0 bridgehead atoms. The second-order valence-corrected chi connectivity index (χ2v) is 12.3. The van der Waals surface area contributed by atoms with Gasteiger partial charge >= 0.3 is 93.9 Å². The third-order valence-corrected chi connectivity index (χ3v) is 9.53. The van der Waals surface area contributed by atoms with Gasteiger partial charge in [-0.25, -0.2) is 0 Å². The summed E-state index contributed by atoms with van der Waals surface area (Å²) in [5, 5.41) is 0. The summed E-state index contributed by atoms with van der Waals surface area (Å²) in [6.07, 6.45) is 0. The fourth-order valence-electron chi connectivity index (χ4n) is 1.06. The van der Waals surface area contributed by atoms with Gasteiger partial charge in [0.2, 0.25) is 0 Å². The summed E-state index contributed by atoms with van der Waals surface area (Å²) in [4.78, 5) is 0. The average molecular weight is 267 g/mol. The van der Waals surface area contributed by atoms with Gasteiger partial charge in [-0.05, 0) is 0 Å². The molecule has 0 nitrogen and oxygen atoms in total. The molecule has 0 N–H and O–H groups in total. The van der Waals surface area contributed by atoms with Crippen molar-refractivity contribution in [3.8, 4) is 0 Å². The quantitative estimate of drug-likeness (QED) is 0.583. The topological polar surface area (TPSA) is 0 Å². The molecule has 0 aromatic heterocycles. The first-order valence-electron chi connectivity index (χ1n) is 4.67. The van der Waals surface area contributed by atoms with Crippen LogP contribution in [0.2, 0.25) is 19.6 Å². The third-order valence-electron chi connectivity index (χ3n) is 1.80. The van der Waals surface area contributed by atoms with Crippen LogP contribution in [0, 0.1) is 0 Å². The molecular formula is C12H16SeSi. The molecule has 0 amide bonds. The second kappa shape index (κ2) is 4.81. The van der Waals surface area contributed by atoms with Crippen molar-refractivity contribution in [1.82, 2.24) is 0 Å². The first-order valence-corrected chi connectivity index (χ1v) is 9.89. The van der Waals surface area contributed by atoms with E-state index in [-0.39, 0.29) is 0 Å². The second-order valence-electron chi connectivity index (χ2n) is 4.17. The normalized spacial score (nSPS) is 10.8. The Labute approximate surface area is 93.9 Å². The summed E-state index contributed by atoms with van der Waals surface area (Å²) < 4.78 is 2.89. The van der Waals surface area contributed by atoms with Crippen molar-refractivity contribution in [2.75, 3.05) is 0 Å². The molecule has 0 aliphatic heterocycles. The minimum atomic E-state index is -1.20. The third kappa shape index (κ3) is 3.32. The summed E-state index contributed by atoms with van der Waals surface area (Å²) in [6, 6.07) is 10.6. The molecule has 0 aliphatic carbocycles. The van der Waals surface area contributed by atoms with Crippen molar-refractivity contribution in [3.63, 3.8) is 0 Å². The standard InChI is InChI=1S/C12H16SeSi/c1-5-12(14(2,3)4)13-11-9-7-6-8-10-11/h6-10H,1H2,2-4H3. The Morgan fingerprint density at radius 2 is 1.79 bits per heavy atom. The van der Waals surface area contributed by atoms with E-state index in [9.17, 15) is 0 Å². The molecule has 0 aliphatic rings. The molecule has 0 radical (unpaired) electrons. The Morgan fingerprint density at radius 3 is 2.21 bits per heavy atom. The van der Waals surface area contributed by atoms with Gasteiger partial charge in [0.1, 0.15) is 0 Å². The van der Waals surface area contributed by atoms with Crippen molar-refractivity contribution in [2.45, 2.75) is 19.6 Å². The number of hydrogen-bond acceptors (Lipinski definition) is 0. The van der Waals surface area contributed by atoms with E-state index in [1.807, 2.05) is 0 Å². The summed E-state index contributed by atoms with van der Waals surface area (Å²) >= 11 is 0.424. The van der Waals surface area contributed by atoms with Crippen LogP contribution < -0.4 is 4.46 Å². The van der Waals surface area contributed by atoms with Crippen LogP contribution in [0.4, 0.5) is 0 Å². The summed E-state index contributed by atoms with van der Waals surface area (Å²) in [5.74, 6) is 0. The van der Waals surface area contributed by atoms with Crippen LogP contribution in [0.1, 0.15) is 0 Å². The maximum atomic E-state index is 3.81. The molecule has 0 spiro atoms. The first-order chi connectivity index (χ1) is 6.54. The van der Waals surface area contributed by atoms with Gasteiger partial charge in [0.15, 0.2) is 0 Å². The van der Waals surface area contributed by atoms with E-state index >= 15 is 0 Å². The van der Waals surface area contributed by atoms with Gasteiger partial charge in [0.05, 0.1) is 0 Å². The Morgan fingerprint density at radius 1 is 1.21 bits per heavy atom.